The monoisotopic (exact) mass is 368 g/mol. The highest BCUT2D eigenvalue weighted by Gasteiger charge is 2.22. The van der Waals surface area contributed by atoms with Crippen molar-refractivity contribution in [3.05, 3.63) is 76.8 Å². The second-order valence-electron chi connectivity index (χ2n) is 6.47. The van der Waals surface area contributed by atoms with E-state index in [2.05, 4.69) is 15.4 Å². The van der Waals surface area contributed by atoms with Crippen LogP contribution in [-0.2, 0) is 0 Å². The van der Waals surface area contributed by atoms with Gasteiger partial charge in [0, 0.05) is 17.4 Å². The third-order valence-electron chi connectivity index (χ3n) is 4.20. The number of carbonyl (C=O) groups excluding carboxylic acids is 1. The van der Waals surface area contributed by atoms with E-state index >= 15 is 0 Å². The molecule has 3 aromatic rings. The van der Waals surface area contributed by atoms with Crippen LogP contribution in [0.15, 0.2) is 55.0 Å². The van der Waals surface area contributed by atoms with E-state index in [0.717, 1.165) is 16.9 Å². The number of hydrogen-bond donors (Lipinski definition) is 1. The molecule has 0 aliphatic heterocycles. The van der Waals surface area contributed by atoms with E-state index in [-0.39, 0.29) is 17.9 Å². The molecule has 0 saturated heterocycles. The topological polar surface area (TPSA) is 59.8 Å². The van der Waals surface area contributed by atoms with Crippen molar-refractivity contribution >= 4 is 17.5 Å². The van der Waals surface area contributed by atoms with E-state index in [4.69, 9.17) is 11.6 Å². The molecule has 1 unspecified atom stereocenters. The van der Waals surface area contributed by atoms with Crippen molar-refractivity contribution in [1.82, 2.24) is 20.1 Å². The van der Waals surface area contributed by atoms with Gasteiger partial charge in [0.05, 0.1) is 29.2 Å². The van der Waals surface area contributed by atoms with Gasteiger partial charge in [0.2, 0.25) is 0 Å². The van der Waals surface area contributed by atoms with Crippen LogP contribution in [0, 0.1) is 0 Å². The van der Waals surface area contributed by atoms with Gasteiger partial charge in [-0.2, -0.15) is 5.10 Å². The lowest BCUT2D eigenvalue weighted by molar-refractivity contribution is 0.0938. The lowest BCUT2D eigenvalue weighted by atomic mass is 10.0. The maximum Gasteiger partial charge on any atom is 0.255 e. The number of aromatic nitrogens is 3. The maximum atomic E-state index is 12.9. The number of rotatable bonds is 5. The Kier molecular flexibility index (Phi) is 5.38. The molecule has 2 aromatic heterocycles. The average molecular weight is 369 g/mol. The Morgan fingerprint density at radius 1 is 1.15 bits per heavy atom. The summed E-state index contributed by atoms with van der Waals surface area (Å²) in [6.07, 6.45) is 5.05. The van der Waals surface area contributed by atoms with Crippen molar-refractivity contribution in [2.45, 2.75) is 32.7 Å². The lowest BCUT2D eigenvalue weighted by Gasteiger charge is -2.16. The first-order chi connectivity index (χ1) is 12.5. The van der Waals surface area contributed by atoms with Crippen LogP contribution in [0.25, 0.3) is 5.69 Å². The van der Waals surface area contributed by atoms with Crippen LogP contribution in [0.2, 0.25) is 5.02 Å². The molecule has 26 heavy (non-hydrogen) atoms. The SMILES string of the molecule is CC(C)c1c(C(=O)NC(C)c2ccncc2)cnn1-c1cccc(Cl)c1. The molecule has 0 saturated carbocycles. The minimum absolute atomic E-state index is 0.119. The summed E-state index contributed by atoms with van der Waals surface area (Å²) in [5.41, 5.74) is 3.26. The van der Waals surface area contributed by atoms with E-state index < -0.39 is 0 Å². The minimum Gasteiger partial charge on any atom is -0.345 e. The summed E-state index contributed by atoms with van der Waals surface area (Å²) < 4.78 is 1.78. The molecule has 0 radical (unpaired) electrons. The molecule has 0 fully saturated rings. The smallest absolute Gasteiger partial charge is 0.255 e. The largest absolute Gasteiger partial charge is 0.345 e. The third kappa shape index (κ3) is 3.78. The van der Waals surface area contributed by atoms with Gasteiger partial charge < -0.3 is 5.32 Å². The Hall–Kier alpha value is -2.66. The summed E-state index contributed by atoms with van der Waals surface area (Å²) in [5.74, 6) is -0.0280. The molecule has 3 rings (SSSR count). The molecule has 5 nitrogen and oxygen atoms in total. The molecule has 0 spiro atoms. The molecular formula is C20H21ClN4O. The molecular weight excluding hydrogens is 348 g/mol. The highest BCUT2D eigenvalue weighted by Crippen LogP contribution is 2.25. The van der Waals surface area contributed by atoms with Gasteiger partial charge in [0.1, 0.15) is 0 Å². The zero-order valence-electron chi connectivity index (χ0n) is 15.0. The van der Waals surface area contributed by atoms with Crippen LogP contribution in [-0.4, -0.2) is 20.7 Å². The van der Waals surface area contributed by atoms with Crippen LogP contribution in [0.5, 0.6) is 0 Å². The van der Waals surface area contributed by atoms with E-state index in [9.17, 15) is 4.79 Å². The molecule has 2 heterocycles. The quantitative estimate of drug-likeness (QED) is 0.719. The van der Waals surface area contributed by atoms with Crippen molar-refractivity contribution in [3.63, 3.8) is 0 Å². The first-order valence-corrected chi connectivity index (χ1v) is 8.90. The summed E-state index contributed by atoms with van der Waals surface area (Å²) in [7, 11) is 0. The Bertz CT molecular complexity index is 905. The summed E-state index contributed by atoms with van der Waals surface area (Å²) in [5, 5.41) is 8.10. The molecule has 1 amide bonds. The summed E-state index contributed by atoms with van der Waals surface area (Å²) >= 11 is 6.11. The van der Waals surface area contributed by atoms with Gasteiger partial charge in [-0.3, -0.25) is 9.78 Å². The van der Waals surface area contributed by atoms with E-state index in [0.29, 0.717) is 10.6 Å². The van der Waals surface area contributed by atoms with Gasteiger partial charge in [-0.15, -0.1) is 0 Å². The number of benzene rings is 1. The van der Waals surface area contributed by atoms with E-state index in [1.165, 1.54) is 0 Å². The molecule has 1 aromatic carbocycles. The first kappa shape index (κ1) is 18.1. The van der Waals surface area contributed by atoms with E-state index in [1.807, 2.05) is 57.2 Å². The standard InChI is InChI=1S/C20H21ClN4O/c1-13(2)19-18(12-23-25(19)17-6-4-5-16(21)11-17)20(26)24-14(3)15-7-9-22-10-8-15/h4-14H,1-3H3,(H,24,26). The van der Waals surface area contributed by atoms with Gasteiger partial charge in [0.25, 0.3) is 5.91 Å². The lowest BCUT2D eigenvalue weighted by Crippen LogP contribution is -2.27. The van der Waals surface area contributed by atoms with E-state index in [1.54, 1.807) is 23.3 Å². The van der Waals surface area contributed by atoms with Crippen LogP contribution in [0.4, 0.5) is 0 Å². The van der Waals surface area contributed by atoms with Crippen molar-refractivity contribution in [3.8, 4) is 5.69 Å². The highest BCUT2D eigenvalue weighted by molar-refractivity contribution is 6.30. The van der Waals surface area contributed by atoms with Gasteiger partial charge in [-0.05, 0) is 48.7 Å². The minimum atomic E-state index is -0.147. The van der Waals surface area contributed by atoms with Crippen LogP contribution >= 0.6 is 11.6 Å². The maximum absolute atomic E-state index is 12.9. The number of pyridine rings is 1. The van der Waals surface area contributed by atoms with Crippen molar-refractivity contribution in [2.75, 3.05) is 0 Å². The molecule has 1 atom stereocenters. The Labute approximate surface area is 158 Å². The van der Waals surface area contributed by atoms with Crippen molar-refractivity contribution < 1.29 is 4.79 Å². The normalized spacial score (nSPS) is 12.2. The van der Waals surface area contributed by atoms with Gasteiger partial charge in [-0.1, -0.05) is 31.5 Å². The first-order valence-electron chi connectivity index (χ1n) is 8.52. The number of amides is 1. The third-order valence-corrected chi connectivity index (χ3v) is 4.44. The summed E-state index contributed by atoms with van der Waals surface area (Å²) in [6.45, 7) is 6.03. The van der Waals surface area contributed by atoms with Crippen LogP contribution in [0.3, 0.4) is 0 Å². The summed E-state index contributed by atoms with van der Waals surface area (Å²) in [6, 6.07) is 11.1. The predicted molar refractivity (Wildman–Crippen MR) is 103 cm³/mol. The van der Waals surface area contributed by atoms with Crippen LogP contribution in [0.1, 0.15) is 54.3 Å². The fraction of sp³-hybridized carbons (Fsp3) is 0.250. The fourth-order valence-electron chi connectivity index (χ4n) is 2.91. The Morgan fingerprint density at radius 3 is 2.54 bits per heavy atom. The highest BCUT2D eigenvalue weighted by atomic mass is 35.5. The number of carbonyl (C=O) groups is 1. The number of nitrogens with zero attached hydrogens (tertiary/aromatic N) is 3. The Balaban J connectivity index is 1.91. The zero-order chi connectivity index (χ0) is 18.7. The fourth-order valence-corrected chi connectivity index (χ4v) is 3.10. The second-order valence-corrected chi connectivity index (χ2v) is 6.90. The molecule has 0 bridgehead atoms. The Morgan fingerprint density at radius 2 is 1.88 bits per heavy atom. The molecule has 0 aliphatic rings. The molecule has 6 heteroatoms. The molecule has 1 N–H and O–H groups in total. The molecule has 0 aliphatic carbocycles. The van der Waals surface area contributed by atoms with Crippen LogP contribution < -0.4 is 5.32 Å². The predicted octanol–water partition coefficient (Wildman–Crippen LogP) is 4.54. The molecule has 134 valence electrons. The van der Waals surface area contributed by atoms with Crippen molar-refractivity contribution in [1.29, 1.82) is 0 Å². The van der Waals surface area contributed by atoms with Gasteiger partial charge in [-0.25, -0.2) is 4.68 Å². The zero-order valence-corrected chi connectivity index (χ0v) is 15.7. The summed E-state index contributed by atoms with van der Waals surface area (Å²) in [4.78, 5) is 16.9. The van der Waals surface area contributed by atoms with Crippen molar-refractivity contribution in [2.24, 2.45) is 0 Å². The average Bonchev–Trinajstić information content (AvgIpc) is 3.08. The van der Waals surface area contributed by atoms with Gasteiger partial charge >= 0.3 is 0 Å². The second kappa shape index (κ2) is 7.70. The number of hydrogen-bond acceptors (Lipinski definition) is 3. The van der Waals surface area contributed by atoms with Gasteiger partial charge in [0.15, 0.2) is 0 Å². The number of nitrogens with one attached hydrogen (secondary N) is 1. The number of halogens is 1.